The quantitative estimate of drug-likeness (QED) is 0.560. The van der Waals surface area contributed by atoms with E-state index in [-0.39, 0.29) is 0 Å². The Morgan fingerprint density at radius 3 is 1.48 bits per heavy atom. The van der Waals surface area contributed by atoms with E-state index < -0.39 is 0 Å². The van der Waals surface area contributed by atoms with Gasteiger partial charge < -0.3 is 0 Å². The lowest BCUT2D eigenvalue weighted by Crippen LogP contribution is -2.16. The third-order valence-corrected chi connectivity index (χ3v) is 6.75. The number of rotatable bonds is 5. The Morgan fingerprint density at radius 1 is 0.652 bits per heavy atom. The van der Waals surface area contributed by atoms with Crippen LogP contribution in [0.5, 0.6) is 0 Å². The summed E-state index contributed by atoms with van der Waals surface area (Å²) in [6.07, 6.45) is 15.7. The van der Waals surface area contributed by atoms with Crippen LogP contribution in [0.4, 0.5) is 0 Å². The molecule has 0 N–H and O–H groups in total. The molecule has 0 nitrogen and oxygen atoms in total. The van der Waals surface area contributed by atoms with Crippen LogP contribution in [-0.4, -0.2) is 0 Å². The average molecular weight is 313 g/mol. The van der Waals surface area contributed by atoms with Crippen molar-refractivity contribution in [2.24, 2.45) is 23.7 Å². The van der Waals surface area contributed by atoms with Gasteiger partial charge in [0.25, 0.3) is 0 Å². The summed E-state index contributed by atoms with van der Waals surface area (Å²) in [6, 6.07) is 9.69. The molecule has 0 radical (unpaired) electrons. The van der Waals surface area contributed by atoms with Gasteiger partial charge in [-0.3, -0.25) is 0 Å². The minimum Gasteiger partial charge on any atom is -0.0651 e. The fraction of sp³-hybridized carbons (Fsp3) is 0.739. The van der Waals surface area contributed by atoms with Gasteiger partial charge in [-0.25, -0.2) is 0 Å². The van der Waals surface area contributed by atoms with E-state index in [0.717, 1.165) is 23.7 Å². The Hall–Kier alpha value is -0.780. The molecule has 128 valence electrons. The maximum Gasteiger partial charge on any atom is -0.0250 e. The molecule has 1 aromatic carbocycles. The van der Waals surface area contributed by atoms with Gasteiger partial charge in [0, 0.05) is 0 Å². The van der Waals surface area contributed by atoms with Crippen LogP contribution in [0.15, 0.2) is 24.3 Å². The van der Waals surface area contributed by atoms with E-state index in [1.807, 2.05) is 0 Å². The summed E-state index contributed by atoms with van der Waals surface area (Å²) >= 11 is 0. The second-order valence-corrected chi connectivity index (χ2v) is 8.65. The molecular weight excluding hydrogens is 276 g/mol. The molecule has 1 aromatic rings. The van der Waals surface area contributed by atoms with Crippen LogP contribution in [0.1, 0.15) is 82.8 Å². The van der Waals surface area contributed by atoms with Crippen LogP contribution in [0, 0.1) is 23.7 Å². The summed E-state index contributed by atoms with van der Waals surface area (Å²) in [4.78, 5) is 0. The summed E-state index contributed by atoms with van der Waals surface area (Å²) in [6.45, 7) is 4.77. The highest BCUT2D eigenvalue weighted by molar-refractivity contribution is 5.23. The molecule has 0 heterocycles. The van der Waals surface area contributed by atoms with Crippen molar-refractivity contribution in [3.63, 3.8) is 0 Å². The lowest BCUT2D eigenvalue weighted by atomic mass is 9.78. The largest absolute Gasteiger partial charge is 0.0651 e. The van der Waals surface area contributed by atoms with Crippen LogP contribution in [0.2, 0.25) is 0 Å². The monoisotopic (exact) mass is 312 g/mol. The summed E-state index contributed by atoms with van der Waals surface area (Å²) in [5, 5.41) is 0. The van der Waals surface area contributed by atoms with Gasteiger partial charge in [0.1, 0.15) is 0 Å². The van der Waals surface area contributed by atoms with Gasteiger partial charge in [-0.2, -0.15) is 0 Å². The fourth-order valence-corrected chi connectivity index (χ4v) is 4.86. The van der Waals surface area contributed by atoms with Crippen molar-refractivity contribution in [2.75, 3.05) is 0 Å². The SMILES string of the molecule is CCC1CCC(Cc2ccc(CC3CCC(C)CC3)cc2)CC1. The van der Waals surface area contributed by atoms with E-state index in [2.05, 4.69) is 38.1 Å². The summed E-state index contributed by atoms with van der Waals surface area (Å²) in [5.74, 6) is 3.88. The minimum atomic E-state index is 0.946. The molecule has 0 spiro atoms. The first-order valence-electron chi connectivity index (χ1n) is 10.3. The molecule has 0 atom stereocenters. The van der Waals surface area contributed by atoms with Crippen molar-refractivity contribution in [2.45, 2.75) is 84.5 Å². The molecule has 0 aromatic heterocycles. The molecule has 2 saturated carbocycles. The van der Waals surface area contributed by atoms with Crippen molar-refractivity contribution < 1.29 is 0 Å². The van der Waals surface area contributed by atoms with Crippen molar-refractivity contribution in [3.05, 3.63) is 35.4 Å². The summed E-state index contributed by atoms with van der Waals surface area (Å²) in [5.41, 5.74) is 3.15. The lowest BCUT2D eigenvalue weighted by Gasteiger charge is -2.28. The molecule has 2 aliphatic rings. The first-order valence-corrected chi connectivity index (χ1v) is 10.3. The second kappa shape index (κ2) is 8.36. The average Bonchev–Trinajstić information content (AvgIpc) is 2.59. The molecule has 0 aliphatic heterocycles. The highest BCUT2D eigenvalue weighted by atomic mass is 14.3. The first-order chi connectivity index (χ1) is 11.2. The van der Waals surface area contributed by atoms with E-state index in [9.17, 15) is 0 Å². The zero-order valence-corrected chi connectivity index (χ0v) is 15.4. The van der Waals surface area contributed by atoms with Gasteiger partial charge in [-0.05, 0) is 73.3 Å². The Balaban J connectivity index is 1.45. The topological polar surface area (TPSA) is 0 Å². The molecule has 0 unspecified atom stereocenters. The van der Waals surface area contributed by atoms with Gasteiger partial charge >= 0.3 is 0 Å². The number of hydrogen-bond acceptors (Lipinski definition) is 0. The molecule has 0 bridgehead atoms. The Labute approximate surface area is 144 Å². The number of hydrogen-bond donors (Lipinski definition) is 0. The molecule has 0 saturated heterocycles. The van der Waals surface area contributed by atoms with Gasteiger partial charge in [0.05, 0.1) is 0 Å². The molecule has 2 aliphatic carbocycles. The van der Waals surface area contributed by atoms with Crippen molar-refractivity contribution >= 4 is 0 Å². The fourth-order valence-electron chi connectivity index (χ4n) is 4.86. The van der Waals surface area contributed by atoms with Gasteiger partial charge in [-0.1, -0.05) is 70.2 Å². The molecule has 0 amide bonds. The maximum atomic E-state index is 2.42. The minimum absolute atomic E-state index is 0.946. The zero-order valence-electron chi connectivity index (χ0n) is 15.4. The predicted molar refractivity (Wildman–Crippen MR) is 101 cm³/mol. The van der Waals surface area contributed by atoms with Crippen LogP contribution >= 0.6 is 0 Å². The van der Waals surface area contributed by atoms with Gasteiger partial charge in [0.15, 0.2) is 0 Å². The summed E-state index contributed by atoms with van der Waals surface area (Å²) < 4.78 is 0. The van der Waals surface area contributed by atoms with Gasteiger partial charge in [0.2, 0.25) is 0 Å². The van der Waals surface area contributed by atoms with Gasteiger partial charge in [-0.15, -0.1) is 0 Å². The van der Waals surface area contributed by atoms with Crippen molar-refractivity contribution in [1.29, 1.82) is 0 Å². The van der Waals surface area contributed by atoms with Crippen LogP contribution in [0.25, 0.3) is 0 Å². The molecule has 3 rings (SSSR count). The lowest BCUT2D eigenvalue weighted by molar-refractivity contribution is 0.268. The maximum absolute atomic E-state index is 2.42. The van der Waals surface area contributed by atoms with Crippen LogP contribution < -0.4 is 0 Å². The summed E-state index contributed by atoms with van der Waals surface area (Å²) in [7, 11) is 0. The van der Waals surface area contributed by atoms with E-state index in [1.54, 1.807) is 11.1 Å². The van der Waals surface area contributed by atoms with E-state index >= 15 is 0 Å². The molecule has 23 heavy (non-hydrogen) atoms. The molecule has 2 fully saturated rings. The van der Waals surface area contributed by atoms with E-state index in [0.29, 0.717) is 0 Å². The third-order valence-electron chi connectivity index (χ3n) is 6.75. The number of benzene rings is 1. The third kappa shape index (κ3) is 5.10. The smallest absolute Gasteiger partial charge is 0.0250 e. The van der Waals surface area contributed by atoms with Crippen LogP contribution in [-0.2, 0) is 12.8 Å². The highest BCUT2D eigenvalue weighted by Crippen LogP contribution is 2.33. The Bertz CT molecular complexity index is 441. The molecular formula is C23H36. The van der Waals surface area contributed by atoms with E-state index in [4.69, 9.17) is 0 Å². The first kappa shape index (κ1) is 17.1. The van der Waals surface area contributed by atoms with Crippen molar-refractivity contribution in [3.8, 4) is 0 Å². The Morgan fingerprint density at radius 2 is 1.04 bits per heavy atom. The zero-order chi connectivity index (χ0) is 16.1. The van der Waals surface area contributed by atoms with Crippen molar-refractivity contribution in [1.82, 2.24) is 0 Å². The standard InChI is InChI=1S/C23H36/c1-3-19-8-10-21(11-9-19)17-23-14-12-22(13-15-23)16-20-6-4-18(2)5-7-20/h12-15,18-21H,3-11,16-17H2,1-2H3. The highest BCUT2D eigenvalue weighted by Gasteiger charge is 2.20. The molecule has 0 heteroatoms. The normalized spacial score (nSPS) is 31.9. The predicted octanol–water partition coefficient (Wildman–Crippen LogP) is 6.81. The second-order valence-electron chi connectivity index (χ2n) is 8.65. The van der Waals surface area contributed by atoms with Crippen LogP contribution in [0.3, 0.4) is 0 Å². The van der Waals surface area contributed by atoms with E-state index in [1.165, 1.54) is 70.6 Å². The Kier molecular flexibility index (Phi) is 6.20.